The lowest BCUT2D eigenvalue weighted by atomic mass is 9.63. The fourth-order valence-corrected chi connectivity index (χ4v) is 4.72. The Morgan fingerprint density at radius 3 is 2.28 bits per heavy atom. The van der Waals surface area contributed by atoms with Crippen LogP contribution in [0.1, 0.15) is 24.0 Å². The van der Waals surface area contributed by atoms with Gasteiger partial charge in [0, 0.05) is 0 Å². The fraction of sp³-hybridized carbons (Fsp3) is 0.292. The minimum absolute atomic E-state index is 0.160. The Kier molecular flexibility index (Phi) is 4.51. The molecular formula is C24H22N2O3. The second-order valence-corrected chi connectivity index (χ2v) is 7.92. The van der Waals surface area contributed by atoms with Crippen LogP contribution in [0.4, 0.5) is 0 Å². The molecule has 2 aromatic rings. The molecule has 4 atom stereocenters. The SMILES string of the molecule is O=C1[C@H]2[C@H](C(=O)N1/N=C\c1cccc(OCc3ccccc3)c1)[C@@H]1C=C[C@@H]2CC1. The number of carbonyl (C=O) groups excluding carboxylic acids is 2. The fourth-order valence-electron chi connectivity index (χ4n) is 4.72. The summed E-state index contributed by atoms with van der Waals surface area (Å²) in [6.07, 6.45) is 7.76. The first-order chi connectivity index (χ1) is 14.2. The number of amides is 2. The Bertz CT molecular complexity index is 966. The first kappa shape index (κ1) is 17.9. The van der Waals surface area contributed by atoms with E-state index in [0.717, 1.165) is 29.0 Å². The molecule has 146 valence electrons. The summed E-state index contributed by atoms with van der Waals surface area (Å²) in [6, 6.07) is 17.4. The number of imide groups is 1. The van der Waals surface area contributed by atoms with Gasteiger partial charge in [-0.25, -0.2) is 0 Å². The van der Waals surface area contributed by atoms with Gasteiger partial charge in [-0.05, 0) is 47.9 Å². The molecule has 0 aromatic heterocycles. The average Bonchev–Trinajstić information content (AvgIpc) is 3.05. The average molecular weight is 386 g/mol. The molecule has 0 unspecified atom stereocenters. The molecule has 2 aromatic carbocycles. The zero-order valence-corrected chi connectivity index (χ0v) is 16.0. The van der Waals surface area contributed by atoms with E-state index >= 15 is 0 Å². The van der Waals surface area contributed by atoms with Crippen LogP contribution in [0, 0.1) is 23.7 Å². The standard InChI is InChI=1S/C24H22N2O3/c27-23-21-18-9-10-19(12-11-18)22(21)24(28)26(23)25-14-17-7-4-8-20(13-17)29-15-16-5-2-1-3-6-16/h1-10,13-14,18-19,21-22H,11-12,15H2/b25-14-/t18-,19-,21-,22-/m1/s1. The van der Waals surface area contributed by atoms with Crippen molar-refractivity contribution in [1.82, 2.24) is 5.01 Å². The van der Waals surface area contributed by atoms with E-state index < -0.39 is 0 Å². The van der Waals surface area contributed by atoms with E-state index in [4.69, 9.17) is 4.74 Å². The monoisotopic (exact) mass is 386 g/mol. The number of carbonyl (C=O) groups is 2. The van der Waals surface area contributed by atoms with Gasteiger partial charge in [-0.15, -0.1) is 0 Å². The van der Waals surface area contributed by atoms with Crippen molar-refractivity contribution < 1.29 is 14.3 Å². The van der Waals surface area contributed by atoms with Crippen LogP contribution < -0.4 is 4.74 Å². The molecule has 1 saturated carbocycles. The number of allylic oxidation sites excluding steroid dienone is 2. The van der Waals surface area contributed by atoms with Crippen LogP contribution in [0.2, 0.25) is 0 Å². The van der Waals surface area contributed by atoms with Crippen LogP contribution in [-0.2, 0) is 16.2 Å². The van der Waals surface area contributed by atoms with Gasteiger partial charge in [-0.2, -0.15) is 10.1 Å². The van der Waals surface area contributed by atoms with Gasteiger partial charge in [-0.3, -0.25) is 9.59 Å². The topological polar surface area (TPSA) is 59.0 Å². The Morgan fingerprint density at radius 1 is 0.931 bits per heavy atom. The van der Waals surface area contributed by atoms with Crippen molar-refractivity contribution >= 4 is 18.0 Å². The largest absolute Gasteiger partial charge is 0.489 e. The molecule has 0 radical (unpaired) electrons. The molecule has 0 spiro atoms. The van der Waals surface area contributed by atoms with E-state index in [0.29, 0.717) is 12.4 Å². The quantitative estimate of drug-likeness (QED) is 0.446. The molecule has 0 N–H and O–H groups in total. The zero-order valence-electron chi connectivity index (χ0n) is 16.0. The van der Waals surface area contributed by atoms with Crippen LogP contribution in [0.15, 0.2) is 71.9 Å². The lowest BCUT2D eigenvalue weighted by Gasteiger charge is -2.37. The van der Waals surface area contributed by atoms with Crippen molar-refractivity contribution in [3.63, 3.8) is 0 Å². The predicted octanol–water partition coefficient (Wildman–Crippen LogP) is 3.80. The van der Waals surface area contributed by atoms with Gasteiger partial charge >= 0.3 is 0 Å². The molecule has 5 heteroatoms. The number of nitrogens with zero attached hydrogens (tertiary/aromatic N) is 2. The lowest BCUT2D eigenvalue weighted by Crippen LogP contribution is -2.38. The highest BCUT2D eigenvalue weighted by Crippen LogP contribution is 2.49. The Hall–Kier alpha value is -3.21. The maximum atomic E-state index is 12.8. The summed E-state index contributed by atoms with van der Waals surface area (Å²) in [4.78, 5) is 25.6. The highest BCUT2D eigenvalue weighted by Gasteiger charge is 2.56. The van der Waals surface area contributed by atoms with E-state index in [2.05, 4.69) is 17.3 Å². The molecule has 2 bridgehead atoms. The molecule has 1 saturated heterocycles. The number of rotatable bonds is 5. The maximum Gasteiger partial charge on any atom is 0.254 e. The van der Waals surface area contributed by atoms with Gasteiger partial charge in [-0.1, -0.05) is 54.6 Å². The summed E-state index contributed by atoms with van der Waals surface area (Å²) in [5.41, 5.74) is 1.87. The first-order valence-corrected chi connectivity index (χ1v) is 10.1. The summed E-state index contributed by atoms with van der Waals surface area (Å²) in [5.74, 6) is 0.284. The van der Waals surface area contributed by atoms with Crippen molar-refractivity contribution in [2.24, 2.45) is 28.8 Å². The first-order valence-electron chi connectivity index (χ1n) is 10.1. The van der Waals surface area contributed by atoms with Gasteiger partial charge in [0.25, 0.3) is 11.8 Å². The Labute approximate surface area is 169 Å². The number of hydrogen-bond acceptors (Lipinski definition) is 4. The minimum atomic E-state index is -0.232. The molecular weight excluding hydrogens is 364 g/mol. The van der Waals surface area contributed by atoms with Crippen LogP contribution >= 0.6 is 0 Å². The Balaban J connectivity index is 1.29. The van der Waals surface area contributed by atoms with Crippen LogP contribution in [0.3, 0.4) is 0 Å². The van der Waals surface area contributed by atoms with Gasteiger partial charge < -0.3 is 4.74 Å². The van der Waals surface area contributed by atoms with E-state index in [1.807, 2.05) is 54.6 Å². The van der Waals surface area contributed by atoms with Gasteiger partial charge in [0.1, 0.15) is 12.4 Å². The summed E-state index contributed by atoms with van der Waals surface area (Å²) < 4.78 is 5.84. The van der Waals surface area contributed by atoms with Crippen LogP contribution in [-0.4, -0.2) is 23.0 Å². The third-order valence-electron chi connectivity index (χ3n) is 6.16. The molecule has 6 rings (SSSR count). The predicted molar refractivity (Wildman–Crippen MR) is 109 cm³/mol. The molecule has 1 heterocycles. The van der Waals surface area contributed by atoms with Crippen molar-refractivity contribution in [1.29, 1.82) is 0 Å². The number of hydrazone groups is 1. The van der Waals surface area contributed by atoms with Crippen molar-refractivity contribution in [3.05, 3.63) is 77.9 Å². The van der Waals surface area contributed by atoms with E-state index in [-0.39, 0.29) is 35.5 Å². The highest BCUT2D eigenvalue weighted by atomic mass is 16.5. The second kappa shape index (κ2) is 7.32. The summed E-state index contributed by atoms with van der Waals surface area (Å²) in [7, 11) is 0. The van der Waals surface area contributed by atoms with E-state index in [1.54, 1.807) is 6.21 Å². The van der Waals surface area contributed by atoms with Crippen molar-refractivity contribution in [2.75, 3.05) is 0 Å². The van der Waals surface area contributed by atoms with Crippen molar-refractivity contribution in [3.8, 4) is 5.75 Å². The smallest absolute Gasteiger partial charge is 0.254 e. The molecule has 2 amide bonds. The van der Waals surface area contributed by atoms with E-state index in [1.165, 1.54) is 0 Å². The second-order valence-electron chi connectivity index (χ2n) is 7.92. The molecule has 3 aliphatic carbocycles. The molecule has 1 aliphatic heterocycles. The van der Waals surface area contributed by atoms with Crippen LogP contribution in [0.25, 0.3) is 0 Å². The molecule has 4 aliphatic rings. The lowest BCUT2D eigenvalue weighted by molar-refractivity contribution is -0.140. The summed E-state index contributed by atoms with van der Waals surface area (Å²) in [6.45, 7) is 0.476. The molecule has 2 fully saturated rings. The zero-order chi connectivity index (χ0) is 19.8. The third kappa shape index (κ3) is 3.27. The maximum absolute atomic E-state index is 12.8. The summed E-state index contributed by atoms with van der Waals surface area (Å²) >= 11 is 0. The van der Waals surface area contributed by atoms with Crippen molar-refractivity contribution in [2.45, 2.75) is 19.4 Å². The third-order valence-corrected chi connectivity index (χ3v) is 6.16. The number of fused-ring (bicyclic) bond motifs is 1. The Morgan fingerprint density at radius 2 is 1.62 bits per heavy atom. The highest BCUT2D eigenvalue weighted by molar-refractivity contribution is 6.06. The van der Waals surface area contributed by atoms with Gasteiger partial charge in [0.05, 0.1) is 18.1 Å². The number of ether oxygens (including phenoxy) is 1. The van der Waals surface area contributed by atoms with E-state index in [9.17, 15) is 9.59 Å². The van der Waals surface area contributed by atoms with Gasteiger partial charge in [0.2, 0.25) is 0 Å². The minimum Gasteiger partial charge on any atom is -0.489 e. The number of hydrogen-bond donors (Lipinski definition) is 0. The van der Waals surface area contributed by atoms with Gasteiger partial charge in [0.15, 0.2) is 0 Å². The molecule has 29 heavy (non-hydrogen) atoms. The number of benzene rings is 2. The summed E-state index contributed by atoms with van der Waals surface area (Å²) in [5, 5.41) is 5.35. The molecule has 5 nitrogen and oxygen atoms in total. The normalized spacial score (nSPS) is 27.7. The van der Waals surface area contributed by atoms with Crippen LogP contribution in [0.5, 0.6) is 5.75 Å².